The topological polar surface area (TPSA) is 72.6 Å². The first-order chi connectivity index (χ1) is 8.70. The number of amides is 1. The van der Waals surface area contributed by atoms with E-state index in [1.54, 1.807) is 11.8 Å². The van der Waals surface area contributed by atoms with Gasteiger partial charge in [0.1, 0.15) is 6.04 Å². The van der Waals surface area contributed by atoms with Gasteiger partial charge in [0.25, 0.3) is 0 Å². The monoisotopic (exact) mass is 256 g/mol. The number of piperidine rings is 1. The Morgan fingerprint density at radius 3 is 2.78 bits per heavy atom. The largest absolute Gasteiger partial charge is 0.464 e. The minimum atomic E-state index is -0.371. The summed E-state index contributed by atoms with van der Waals surface area (Å²) in [5.74, 6) is -0.203. The van der Waals surface area contributed by atoms with Crippen LogP contribution in [0.1, 0.15) is 45.4 Å². The number of likely N-dealkylation sites (tertiary alicyclic amines) is 1. The quantitative estimate of drug-likeness (QED) is 0.569. The van der Waals surface area contributed by atoms with Crippen LogP contribution in [0.3, 0.4) is 0 Å². The van der Waals surface area contributed by atoms with Crippen LogP contribution in [0.15, 0.2) is 0 Å². The highest BCUT2D eigenvalue weighted by molar-refractivity contribution is 5.84. The summed E-state index contributed by atoms with van der Waals surface area (Å²) in [7, 11) is 0. The smallest absolute Gasteiger partial charge is 0.328 e. The van der Waals surface area contributed by atoms with E-state index in [0.717, 1.165) is 32.1 Å². The first-order valence-corrected chi connectivity index (χ1v) is 6.86. The van der Waals surface area contributed by atoms with Crippen molar-refractivity contribution in [3.8, 4) is 0 Å². The van der Waals surface area contributed by atoms with Crippen LogP contribution in [0, 0.1) is 0 Å². The molecule has 1 rings (SSSR count). The summed E-state index contributed by atoms with van der Waals surface area (Å²) < 4.78 is 5.03. The summed E-state index contributed by atoms with van der Waals surface area (Å²) in [6.07, 6.45) is 4.80. The lowest BCUT2D eigenvalue weighted by atomic mass is 10.0. The minimum absolute atomic E-state index is 0.0567. The molecular formula is C13H24N2O3. The molecule has 1 unspecified atom stereocenters. The van der Waals surface area contributed by atoms with Crippen LogP contribution in [0.2, 0.25) is 0 Å². The van der Waals surface area contributed by atoms with E-state index in [1.165, 1.54) is 0 Å². The van der Waals surface area contributed by atoms with Gasteiger partial charge in [-0.05, 0) is 45.6 Å². The number of esters is 1. The van der Waals surface area contributed by atoms with Gasteiger partial charge in [-0.15, -0.1) is 0 Å². The summed E-state index contributed by atoms with van der Waals surface area (Å²) in [5.41, 5.74) is 5.41. The van der Waals surface area contributed by atoms with Crippen LogP contribution in [-0.4, -0.2) is 42.5 Å². The van der Waals surface area contributed by atoms with Gasteiger partial charge in [0.05, 0.1) is 6.61 Å². The molecule has 0 radical (unpaired) electrons. The molecule has 0 spiro atoms. The molecule has 2 N–H and O–H groups in total. The third kappa shape index (κ3) is 4.29. The maximum Gasteiger partial charge on any atom is 0.328 e. The Hall–Kier alpha value is -1.10. The maximum absolute atomic E-state index is 12.1. The van der Waals surface area contributed by atoms with E-state index in [0.29, 0.717) is 26.1 Å². The first kappa shape index (κ1) is 15.0. The van der Waals surface area contributed by atoms with Gasteiger partial charge in [-0.2, -0.15) is 0 Å². The van der Waals surface area contributed by atoms with Crippen LogP contribution in [0.4, 0.5) is 0 Å². The Kier molecular flexibility index (Phi) is 6.72. The normalized spacial score (nSPS) is 19.7. The molecule has 1 atom stereocenters. The van der Waals surface area contributed by atoms with Crippen LogP contribution in [0.5, 0.6) is 0 Å². The number of hydrogen-bond acceptors (Lipinski definition) is 4. The Labute approximate surface area is 109 Å². The van der Waals surface area contributed by atoms with Crippen molar-refractivity contribution in [1.29, 1.82) is 0 Å². The number of nitrogens with two attached hydrogens (primary N) is 1. The molecule has 1 saturated heterocycles. The molecule has 18 heavy (non-hydrogen) atoms. The number of unbranched alkanes of at least 4 members (excludes halogenated alkanes) is 1. The zero-order chi connectivity index (χ0) is 13.4. The summed E-state index contributed by atoms with van der Waals surface area (Å²) in [4.78, 5) is 25.6. The van der Waals surface area contributed by atoms with Crippen molar-refractivity contribution < 1.29 is 14.3 Å². The predicted molar refractivity (Wildman–Crippen MR) is 68.9 cm³/mol. The van der Waals surface area contributed by atoms with Gasteiger partial charge in [0.2, 0.25) is 5.91 Å². The van der Waals surface area contributed by atoms with E-state index >= 15 is 0 Å². The van der Waals surface area contributed by atoms with E-state index in [4.69, 9.17) is 10.5 Å². The average molecular weight is 256 g/mol. The number of rotatable bonds is 6. The van der Waals surface area contributed by atoms with Gasteiger partial charge in [-0.25, -0.2) is 4.79 Å². The summed E-state index contributed by atoms with van der Waals surface area (Å²) in [6, 6.07) is -0.371. The second kappa shape index (κ2) is 8.08. The molecule has 0 saturated carbocycles. The molecule has 1 amide bonds. The van der Waals surface area contributed by atoms with Crippen molar-refractivity contribution in [3.63, 3.8) is 0 Å². The lowest BCUT2D eigenvalue weighted by Gasteiger charge is -2.34. The van der Waals surface area contributed by atoms with Crippen molar-refractivity contribution in [1.82, 2.24) is 4.90 Å². The highest BCUT2D eigenvalue weighted by atomic mass is 16.5. The van der Waals surface area contributed by atoms with E-state index in [1.807, 2.05) is 0 Å². The number of carbonyl (C=O) groups is 2. The predicted octanol–water partition coefficient (Wildman–Crippen LogP) is 1.06. The van der Waals surface area contributed by atoms with Crippen LogP contribution >= 0.6 is 0 Å². The fraction of sp³-hybridized carbons (Fsp3) is 0.846. The van der Waals surface area contributed by atoms with E-state index < -0.39 is 0 Å². The lowest BCUT2D eigenvalue weighted by Crippen LogP contribution is -2.48. The third-order valence-corrected chi connectivity index (χ3v) is 3.23. The van der Waals surface area contributed by atoms with Crippen molar-refractivity contribution in [2.45, 2.75) is 51.5 Å². The molecule has 5 nitrogen and oxygen atoms in total. The van der Waals surface area contributed by atoms with E-state index in [-0.39, 0.29) is 17.9 Å². The fourth-order valence-electron chi connectivity index (χ4n) is 2.28. The molecule has 5 heteroatoms. The second-order valence-corrected chi connectivity index (χ2v) is 4.60. The Morgan fingerprint density at radius 2 is 2.11 bits per heavy atom. The van der Waals surface area contributed by atoms with Crippen molar-refractivity contribution >= 4 is 11.9 Å². The molecule has 0 aromatic rings. The SMILES string of the molecule is CCOC(=O)C1CCCCN1C(=O)CCCCN. The van der Waals surface area contributed by atoms with Gasteiger partial charge < -0.3 is 15.4 Å². The Balaban J connectivity index is 2.52. The number of nitrogens with zero attached hydrogens (tertiary/aromatic N) is 1. The van der Waals surface area contributed by atoms with E-state index in [9.17, 15) is 9.59 Å². The molecular weight excluding hydrogens is 232 g/mol. The first-order valence-electron chi connectivity index (χ1n) is 6.86. The van der Waals surface area contributed by atoms with Crippen molar-refractivity contribution in [2.75, 3.05) is 19.7 Å². The number of ether oxygens (including phenoxy) is 1. The fourth-order valence-corrected chi connectivity index (χ4v) is 2.28. The number of carbonyl (C=O) groups excluding carboxylic acids is 2. The zero-order valence-corrected chi connectivity index (χ0v) is 11.2. The van der Waals surface area contributed by atoms with Gasteiger partial charge >= 0.3 is 5.97 Å². The zero-order valence-electron chi connectivity index (χ0n) is 11.2. The highest BCUT2D eigenvalue weighted by Gasteiger charge is 2.32. The highest BCUT2D eigenvalue weighted by Crippen LogP contribution is 2.19. The second-order valence-electron chi connectivity index (χ2n) is 4.60. The molecule has 1 aliphatic heterocycles. The van der Waals surface area contributed by atoms with Crippen LogP contribution in [0.25, 0.3) is 0 Å². The molecule has 0 bridgehead atoms. The van der Waals surface area contributed by atoms with Gasteiger partial charge in [-0.3, -0.25) is 4.79 Å². The van der Waals surface area contributed by atoms with Gasteiger partial charge in [0.15, 0.2) is 0 Å². The van der Waals surface area contributed by atoms with E-state index in [2.05, 4.69) is 0 Å². The number of hydrogen-bond donors (Lipinski definition) is 1. The van der Waals surface area contributed by atoms with Gasteiger partial charge in [-0.1, -0.05) is 0 Å². The maximum atomic E-state index is 12.1. The van der Waals surface area contributed by atoms with Crippen molar-refractivity contribution in [2.24, 2.45) is 5.73 Å². The third-order valence-electron chi connectivity index (χ3n) is 3.23. The molecule has 1 aliphatic rings. The van der Waals surface area contributed by atoms with Crippen molar-refractivity contribution in [3.05, 3.63) is 0 Å². The molecule has 1 heterocycles. The molecule has 104 valence electrons. The summed E-state index contributed by atoms with van der Waals surface area (Å²) in [6.45, 7) is 3.43. The van der Waals surface area contributed by atoms with Gasteiger partial charge in [0, 0.05) is 13.0 Å². The van der Waals surface area contributed by atoms with Crippen LogP contribution < -0.4 is 5.73 Å². The average Bonchev–Trinajstić information content (AvgIpc) is 2.39. The molecule has 1 fully saturated rings. The summed E-state index contributed by atoms with van der Waals surface area (Å²) >= 11 is 0. The standard InChI is InChI=1S/C13H24N2O3/c1-2-18-13(17)11-7-4-6-10-15(11)12(16)8-3-5-9-14/h11H,2-10,14H2,1H3. The molecule has 0 aromatic heterocycles. The van der Waals surface area contributed by atoms with Crippen LogP contribution in [-0.2, 0) is 14.3 Å². The Bertz CT molecular complexity index is 281. The summed E-state index contributed by atoms with van der Waals surface area (Å²) in [5, 5.41) is 0. The Morgan fingerprint density at radius 1 is 1.33 bits per heavy atom. The molecule has 0 aromatic carbocycles. The molecule has 0 aliphatic carbocycles. The minimum Gasteiger partial charge on any atom is -0.464 e. The lowest BCUT2D eigenvalue weighted by molar-refractivity contribution is -0.156.